The van der Waals surface area contributed by atoms with Gasteiger partial charge < -0.3 is 10.2 Å². The topological polar surface area (TPSA) is 102 Å². The van der Waals surface area contributed by atoms with E-state index in [1.54, 1.807) is 17.2 Å². The number of anilines is 1. The van der Waals surface area contributed by atoms with Gasteiger partial charge in [0.05, 0.1) is 27.5 Å². The van der Waals surface area contributed by atoms with Crippen molar-refractivity contribution < 1.29 is 4.42 Å². The molecule has 0 amide bonds. The summed E-state index contributed by atoms with van der Waals surface area (Å²) in [6.07, 6.45) is 0.903. The molecule has 2 N–H and O–H groups in total. The van der Waals surface area contributed by atoms with Gasteiger partial charge in [-0.3, -0.25) is 0 Å². The van der Waals surface area contributed by atoms with Crippen LogP contribution in [0.5, 0.6) is 0 Å². The summed E-state index contributed by atoms with van der Waals surface area (Å²) in [6, 6.07) is 15.3. The quantitative estimate of drug-likeness (QED) is 0.502. The van der Waals surface area contributed by atoms with Crippen LogP contribution < -0.4 is 10.7 Å². The third-order valence-corrected chi connectivity index (χ3v) is 5.77. The van der Waals surface area contributed by atoms with Crippen LogP contribution >= 0.6 is 38.5 Å². The van der Waals surface area contributed by atoms with Crippen LogP contribution in [0.15, 0.2) is 56.0 Å². The van der Waals surface area contributed by atoms with Crippen molar-refractivity contribution in [3.8, 4) is 12.1 Å². The molecule has 25 heavy (non-hydrogen) atoms. The summed E-state index contributed by atoms with van der Waals surface area (Å²) < 4.78 is 7.01. The SMILES string of the molecule is N#C/C(=C/c1cc(Br)c(I)o1)C1=NN(c2ccccc2)[C@H](N)[C@@H]1C#N. The summed E-state index contributed by atoms with van der Waals surface area (Å²) in [5, 5.41) is 25.1. The molecular formula is C17H11BrIN5O. The molecule has 0 bridgehead atoms. The second-order valence-corrected chi connectivity index (χ2v) is 7.04. The Bertz CT molecular complexity index is 919. The van der Waals surface area contributed by atoms with Crippen molar-refractivity contribution in [2.45, 2.75) is 6.17 Å². The number of hydrazone groups is 1. The van der Waals surface area contributed by atoms with E-state index in [0.717, 1.165) is 10.2 Å². The normalized spacial score (nSPS) is 20.1. The highest BCUT2D eigenvalue weighted by atomic mass is 127. The predicted molar refractivity (Wildman–Crippen MR) is 106 cm³/mol. The van der Waals surface area contributed by atoms with E-state index in [-0.39, 0.29) is 5.57 Å². The first-order chi connectivity index (χ1) is 12.0. The molecule has 0 saturated heterocycles. The van der Waals surface area contributed by atoms with Crippen molar-refractivity contribution >= 4 is 56.0 Å². The van der Waals surface area contributed by atoms with E-state index in [9.17, 15) is 10.5 Å². The van der Waals surface area contributed by atoms with Gasteiger partial charge in [0.2, 0.25) is 0 Å². The maximum Gasteiger partial charge on any atom is 0.178 e. The summed E-state index contributed by atoms with van der Waals surface area (Å²) in [4.78, 5) is 0. The lowest BCUT2D eigenvalue weighted by molar-refractivity contribution is 0.526. The summed E-state index contributed by atoms with van der Waals surface area (Å²) in [6.45, 7) is 0. The Kier molecular flexibility index (Phi) is 5.23. The van der Waals surface area contributed by atoms with Crippen LogP contribution in [-0.4, -0.2) is 11.9 Å². The Morgan fingerprint density at radius 3 is 2.64 bits per heavy atom. The van der Waals surface area contributed by atoms with Crippen molar-refractivity contribution in [1.82, 2.24) is 0 Å². The summed E-state index contributed by atoms with van der Waals surface area (Å²) >= 11 is 5.40. The molecule has 2 atom stereocenters. The zero-order valence-electron chi connectivity index (χ0n) is 12.7. The fraction of sp³-hybridized carbons (Fsp3) is 0.118. The number of para-hydroxylation sites is 1. The highest BCUT2D eigenvalue weighted by Gasteiger charge is 2.37. The molecule has 0 unspecified atom stereocenters. The lowest BCUT2D eigenvalue weighted by atomic mass is 9.96. The molecule has 0 fully saturated rings. The predicted octanol–water partition coefficient (Wildman–Crippen LogP) is 3.85. The van der Waals surface area contributed by atoms with Crippen LogP contribution in [0, 0.1) is 32.3 Å². The first-order valence-electron chi connectivity index (χ1n) is 7.20. The fourth-order valence-corrected chi connectivity index (χ4v) is 3.17. The van der Waals surface area contributed by atoms with Gasteiger partial charge in [0.15, 0.2) is 3.77 Å². The molecule has 1 aliphatic rings. The van der Waals surface area contributed by atoms with E-state index < -0.39 is 12.1 Å². The smallest absolute Gasteiger partial charge is 0.178 e. The molecule has 124 valence electrons. The van der Waals surface area contributed by atoms with E-state index in [4.69, 9.17) is 10.2 Å². The van der Waals surface area contributed by atoms with E-state index >= 15 is 0 Å². The van der Waals surface area contributed by atoms with Gasteiger partial charge in [-0.15, -0.1) is 0 Å². The van der Waals surface area contributed by atoms with Crippen LogP contribution in [0.3, 0.4) is 0 Å². The van der Waals surface area contributed by atoms with Gasteiger partial charge in [0.25, 0.3) is 0 Å². The highest BCUT2D eigenvalue weighted by molar-refractivity contribution is 14.1. The van der Waals surface area contributed by atoms with Gasteiger partial charge in [-0.05, 0) is 34.1 Å². The largest absolute Gasteiger partial charge is 0.450 e. The first kappa shape index (κ1) is 17.7. The Morgan fingerprint density at radius 2 is 2.08 bits per heavy atom. The van der Waals surface area contributed by atoms with E-state index in [1.807, 2.05) is 52.9 Å². The second-order valence-electron chi connectivity index (χ2n) is 5.20. The molecule has 0 aliphatic carbocycles. The minimum Gasteiger partial charge on any atom is -0.450 e. The molecule has 6 nitrogen and oxygen atoms in total. The number of benzene rings is 1. The van der Waals surface area contributed by atoms with Crippen molar-refractivity contribution in [2.24, 2.45) is 16.8 Å². The molecule has 2 heterocycles. The molecular weight excluding hydrogens is 497 g/mol. The molecule has 0 saturated carbocycles. The van der Waals surface area contributed by atoms with Crippen LogP contribution in [0.4, 0.5) is 5.69 Å². The average Bonchev–Trinajstić information content (AvgIpc) is 3.12. The molecule has 3 rings (SSSR count). The third kappa shape index (κ3) is 3.47. The summed E-state index contributed by atoms with van der Waals surface area (Å²) in [5.41, 5.74) is 7.54. The number of hydrogen-bond acceptors (Lipinski definition) is 6. The maximum atomic E-state index is 9.56. The number of nitriles is 2. The van der Waals surface area contributed by atoms with Crippen molar-refractivity contribution in [3.63, 3.8) is 0 Å². The van der Waals surface area contributed by atoms with E-state index in [2.05, 4.69) is 33.2 Å². The standard InChI is InChI=1S/C17H11BrIN5O/c18-14-7-12(25-16(14)19)6-10(8-20)15-13(9-21)17(22)24(23-15)11-4-2-1-3-5-11/h1-7,13,17H,22H2/b10-6-/t13-,17+/m1/s1. The van der Waals surface area contributed by atoms with Crippen LogP contribution in [-0.2, 0) is 0 Å². The van der Waals surface area contributed by atoms with Gasteiger partial charge in [-0.2, -0.15) is 15.6 Å². The Balaban J connectivity index is 2.03. The Morgan fingerprint density at radius 1 is 1.36 bits per heavy atom. The Hall–Kier alpha value is -2.14. The lowest BCUT2D eigenvalue weighted by Gasteiger charge is -2.21. The van der Waals surface area contributed by atoms with Crippen molar-refractivity contribution in [2.75, 3.05) is 5.01 Å². The number of nitrogens with two attached hydrogens (primary N) is 1. The molecule has 2 aromatic rings. The Labute approximate surface area is 166 Å². The van der Waals surface area contributed by atoms with Gasteiger partial charge in [0.1, 0.15) is 23.9 Å². The lowest BCUT2D eigenvalue weighted by Crippen LogP contribution is -2.40. The number of hydrogen-bond donors (Lipinski definition) is 1. The fourth-order valence-electron chi connectivity index (χ4n) is 2.46. The zero-order chi connectivity index (χ0) is 18.0. The van der Waals surface area contributed by atoms with Gasteiger partial charge in [-0.1, -0.05) is 18.2 Å². The number of nitrogens with zero attached hydrogens (tertiary/aromatic N) is 4. The number of allylic oxidation sites excluding steroid dienone is 1. The van der Waals surface area contributed by atoms with Gasteiger partial charge in [0, 0.05) is 28.7 Å². The zero-order valence-corrected chi connectivity index (χ0v) is 16.5. The minimum absolute atomic E-state index is 0.248. The van der Waals surface area contributed by atoms with E-state index in [0.29, 0.717) is 15.2 Å². The van der Waals surface area contributed by atoms with Crippen molar-refractivity contribution in [1.29, 1.82) is 10.5 Å². The monoisotopic (exact) mass is 507 g/mol. The van der Waals surface area contributed by atoms with Crippen LogP contribution in [0.25, 0.3) is 6.08 Å². The average molecular weight is 508 g/mol. The molecule has 1 aromatic carbocycles. The highest BCUT2D eigenvalue weighted by Crippen LogP contribution is 2.30. The number of halogens is 2. The molecule has 8 heteroatoms. The minimum atomic E-state index is -0.719. The van der Waals surface area contributed by atoms with Gasteiger partial charge in [-0.25, -0.2) is 5.01 Å². The molecule has 1 aliphatic heterocycles. The van der Waals surface area contributed by atoms with Gasteiger partial charge >= 0.3 is 0 Å². The molecule has 1 aromatic heterocycles. The summed E-state index contributed by atoms with van der Waals surface area (Å²) in [7, 11) is 0. The maximum absolute atomic E-state index is 9.56. The number of furan rings is 1. The first-order valence-corrected chi connectivity index (χ1v) is 9.07. The second kappa shape index (κ2) is 7.40. The van der Waals surface area contributed by atoms with Crippen molar-refractivity contribution in [3.05, 3.63) is 56.0 Å². The van der Waals surface area contributed by atoms with Crippen LogP contribution in [0.2, 0.25) is 0 Å². The molecule has 0 radical (unpaired) electrons. The summed E-state index contributed by atoms with van der Waals surface area (Å²) in [5.74, 6) is -0.220. The number of rotatable bonds is 3. The van der Waals surface area contributed by atoms with Crippen LogP contribution in [0.1, 0.15) is 5.76 Å². The third-order valence-electron chi connectivity index (χ3n) is 3.64. The van der Waals surface area contributed by atoms with E-state index in [1.165, 1.54) is 0 Å². The molecule has 0 spiro atoms.